The average Bonchev–Trinajstić information content (AvgIpc) is 2.89. The number of aryl methyl sites for hydroxylation is 1. The maximum absolute atomic E-state index is 13.2. The average molecular weight is 350 g/mol. The van der Waals surface area contributed by atoms with Gasteiger partial charge in [0.05, 0.1) is 10.4 Å². The summed E-state index contributed by atoms with van der Waals surface area (Å²) < 4.78 is 45.0. The second-order valence-corrected chi connectivity index (χ2v) is 7.17. The molecule has 0 saturated carbocycles. The van der Waals surface area contributed by atoms with Gasteiger partial charge in [-0.1, -0.05) is 6.07 Å². The van der Waals surface area contributed by atoms with Crippen LogP contribution in [0.15, 0.2) is 50.5 Å². The third kappa shape index (κ3) is 3.39. The molecule has 0 saturated heterocycles. The van der Waals surface area contributed by atoms with Gasteiger partial charge in [0, 0.05) is 6.54 Å². The Hall–Kier alpha value is -2.45. The number of H-pyrrole nitrogens is 1. The molecule has 0 spiro atoms. The summed E-state index contributed by atoms with van der Waals surface area (Å²) in [7, 11) is -3.70. The van der Waals surface area contributed by atoms with Crippen LogP contribution in [0.3, 0.4) is 0 Å². The van der Waals surface area contributed by atoms with Gasteiger partial charge in [-0.3, -0.25) is 4.98 Å². The standard InChI is InChI=1S/C16H15FN2O4S/c1-10-8-12(3-4-13(10)17)24(21,22)18-7-6-11-2-5-15-14(9-11)19-16(20)23-15/h2-5,8-9,18H,6-7H2,1H3,(H,19,20). The van der Waals surface area contributed by atoms with Crippen molar-refractivity contribution in [2.24, 2.45) is 0 Å². The molecule has 24 heavy (non-hydrogen) atoms. The summed E-state index contributed by atoms with van der Waals surface area (Å²) in [4.78, 5) is 13.7. The van der Waals surface area contributed by atoms with E-state index in [4.69, 9.17) is 4.42 Å². The number of sulfonamides is 1. The monoisotopic (exact) mass is 350 g/mol. The van der Waals surface area contributed by atoms with Crippen LogP contribution in [-0.4, -0.2) is 19.9 Å². The van der Waals surface area contributed by atoms with Gasteiger partial charge in [-0.25, -0.2) is 22.3 Å². The van der Waals surface area contributed by atoms with Gasteiger partial charge in [-0.05, 0) is 54.8 Å². The highest BCUT2D eigenvalue weighted by Gasteiger charge is 2.14. The van der Waals surface area contributed by atoms with Gasteiger partial charge in [0.15, 0.2) is 5.58 Å². The predicted molar refractivity (Wildman–Crippen MR) is 86.9 cm³/mol. The van der Waals surface area contributed by atoms with Gasteiger partial charge < -0.3 is 4.42 Å². The Morgan fingerprint density at radius 1 is 1.21 bits per heavy atom. The number of fused-ring (bicyclic) bond motifs is 1. The first kappa shape index (κ1) is 16.4. The van der Waals surface area contributed by atoms with Gasteiger partial charge in [-0.2, -0.15) is 0 Å². The van der Waals surface area contributed by atoms with Crippen LogP contribution in [-0.2, 0) is 16.4 Å². The molecule has 0 aliphatic heterocycles. The Balaban J connectivity index is 1.69. The number of hydrogen-bond acceptors (Lipinski definition) is 4. The SMILES string of the molecule is Cc1cc(S(=O)(=O)NCCc2ccc3oc(=O)[nH]c3c2)ccc1F. The molecular formula is C16H15FN2O4S. The molecule has 0 fully saturated rings. The van der Waals surface area contributed by atoms with Crippen molar-refractivity contribution in [3.63, 3.8) is 0 Å². The number of halogens is 1. The van der Waals surface area contributed by atoms with E-state index >= 15 is 0 Å². The molecule has 0 bridgehead atoms. The highest BCUT2D eigenvalue weighted by Crippen LogP contribution is 2.15. The lowest BCUT2D eigenvalue weighted by Gasteiger charge is -2.08. The largest absolute Gasteiger partial charge is 0.417 e. The fraction of sp³-hybridized carbons (Fsp3) is 0.188. The molecule has 2 aromatic carbocycles. The first-order valence-electron chi connectivity index (χ1n) is 7.23. The van der Waals surface area contributed by atoms with Crippen molar-refractivity contribution in [2.45, 2.75) is 18.2 Å². The van der Waals surface area contributed by atoms with Crippen LogP contribution < -0.4 is 10.5 Å². The van der Waals surface area contributed by atoms with Crippen LogP contribution in [0, 0.1) is 12.7 Å². The summed E-state index contributed by atoms with van der Waals surface area (Å²) in [5.41, 5.74) is 2.13. The van der Waals surface area contributed by atoms with E-state index in [-0.39, 0.29) is 17.0 Å². The predicted octanol–water partition coefficient (Wildman–Crippen LogP) is 2.09. The topological polar surface area (TPSA) is 92.2 Å². The molecule has 1 heterocycles. The van der Waals surface area contributed by atoms with E-state index in [1.165, 1.54) is 19.1 Å². The molecule has 8 heteroatoms. The number of hydrogen-bond donors (Lipinski definition) is 2. The van der Waals surface area contributed by atoms with E-state index in [1.54, 1.807) is 18.2 Å². The van der Waals surface area contributed by atoms with Crippen LogP contribution in [0.25, 0.3) is 11.1 Å². The van der Waals surface area contributed by atoms with E-state index < -0.39 is 21.6 Å². The number of aromatic amines is 1. The highest BCUT2D eigenvalue weighted by atomic mass is 32.2. The molecule has 126 valence electrons. The van der Waals surface area contributed by atoms with Gasteiger partial charge in [0.25, 0.3) is 0 Å². The molecule has 0 aliphatic rings. The summed E-state index contributed by atoms with van der Waals surface area (Å²) in [6, 6.07) is 8.80. The Kier molecular flexibility index (Phi) is 4.25. The molecule has 3 rings (SSSR count). The van der Waals surface area contributed by atoms with Gasteiger partial charge >= 0.3 is 5.76 Å². The molecule has 2 N–H and O–H groups in total. The second-order valence-electron chi connectivity index (χ2n) is 5.40. The molecule has 0 atom stereocenters. The fourth-order valence-corrected chi connectivity index (χ4v) is 3.47. The first-order valence-corrected chi connectivity index (χ1v) is 8.71. The van der Waals surface area contributed by atoms with Crippen LogP contribution in [0.4, 0.5) is 4.39 Å². The number of nitrogens with one attached hydrogen (secondary N) is 2. The molecule has 1 aromatic heterocycles. The molecule has 0 aliphatic carbocycles. The maximum atomic E-state index is 13.2. The van der Waals surface area contributed by atoms with Crippen molar-refractivity contribution in [3.05, 3.63) is 63.9 Å². The summed E-state index contributed by atoms with van der Waals surface area (Å²) >= 11 is 0. The molecule has 0 radical (unpaired) electrons. The Labute approximate surface area is 137 Å². The van der Waals surface area contributed by atoms with Crippen molar-refractivity contribution in [2.75, 3.05) is 6.54 Å². The molecule has 3 aromatic rings. The van der Waals surface area contributed by atoms with Crippen molar-refractivity contribution in [3.8, 4) is 0 Å². The fourth-order valence-electron chi connectivity index (χ4n) is 2.35. The molecule has 6 nitrogen and oxygen atoms in total. The molecule has 0 amide bonds. The Bertz CT molecular complexity index is 1050. The van der Waals surface area contributed by atoms with Crippen LogP contribution >= 0.6 is 0 Å². The minimum Gasteiger partial charge on any atom is -0.408 e. The van der Waals surface area contributed by atoms with E-state index in [0.717, 1.165) is 11.6 Å². The van der Waals surface area contributed by atoms with Gasteiger partial charge in [0.2, 0.25) is 10.0 Å². The smallest absolute Gasteiger partial charge is 0.408 e. The molecular weight excluding hydrogens is 335 g/mol. The van der Waals surface area contributed by atoms with Crippen LogP contribution in [0.5, 0.6) is 0 Å². The summed E-state index contributed by atoms with van der Waals surface area (Å²) in [5.74, 6) is -0.981. The highest BCUT2D eigenvalue weighted by molar-refractivity contribution is 7.89. The maximum Gasteiger partial charge on any atom is 0.417 e. The quantitative estimate of drug-likeness (QED) is 0.737. The lowest BCUT2D eigenvalue weighted by atomic mass is 10.1. The summed E-state index contributed by atoms with van der Waals surface area (Å²) in [5, 5.41) is 0. The Morgan fingerprint density at radius 3 is 2.75 bits per heavy atom. The van der Waals surface area contributed by atoms with Crippen LogP contribution in [0.2, 0.25) is 0 Å². The first-order chi connectivity index (χ1) is 11.3. The van der Waals surface area contributed by atoms with Crippen molar-refractivity contribution in [1.29, 1.82) is 0 Å². The van der Waals surface area contributed by atoms with Crippen LogP contribution in [0.1, 0.15) is 11.1 Å². The minimum absolute atomic E-state index is 0.0241. The molecule has 0 unspecified atom stereocenters. The zero-order valence-corrected chi connectivity index (χ0v) is 13.6. The summed E-state index contributed by atoms with van der Waals surface area (Å²) in [6.45, 7) is 1.68. The van der Waals surface area contributed by atoms with E-state index in [1.807, 2.05) is 0 Å². The van der Waals surface area contributed by atoms with Gasteiger partial charge in [-0.15, -0.1) is 0 Å². The normalized spacial score (nSPS) is 11.9. The van der Waals surface area contributed by atoms with E-state index in [0.29, 0.717) is 17.5 Å². The number of aromatic nitrogens is 1. The summed E-state index contributed by atoms with van der Waals surface area (Å²) in [6.07, 6.45) is 0.433. The number of rotatable bonds is 5. The zero-order chi connectivity index (χ0) is 17.3. The van der Waals surface area contributed by atoms with Crippen molar-refractivity contribution >= 4 is 21.1 Å². The number of oxazole rings is 1. The second kappa shape index (κ2) is 6.21. The minimum atomic E-state index is -3.70. The van der Waals surface area contributed by atoms with Gasteiger partial charge in [0.1, 0.15) is 5.82 Å². The van der Waals surface area contributed by atoms with Crippen molar-refractivity contribution < 1.29 is 17.2 Å². The zero-order valence-electron chi connectivity index (χ0n) is 12.8. The number of benzene rings is 2. The van der Waals surface area contributed by atoms with E-state index in [9.17, 15) is 17.6 Å². The third-order valence-electron chi connectivity index (χ3n) is 3.63. The Morgan fingerprint density at radius 2 is 2.00 bits per heavy atom. The van der Waals surface area contributed by atoms with E-state index in [2.05, 4.69) is 9.71 Å². The third-order valence-corrected chi connectivity index (χ3v) is 5.09. The lowest BCUT2D eigenvalue weighted by Crippen LogP contribution is -2.26. The van der Waals surface area contributed by atoms with Crippen molar-refractivity contribution in [1.82, 2.24) is 9.71 Å². The lowest BCUT2D eigenvalue weighted by molar-refractivity contribution is 0.555.